The zero-order valence-electron chi connectivity index (χ0n) is 9.75. The molecule has 1 saturated carbocycles. The van der Waals surface area contributed by atoms with E-state index in [0.29, 0.717) is 11.8 Å². The smallest absolute Gasteiger partial charge is 0.225 e. The third-order valence-corrected chi connectivity index (χ3v) is 3.62. The van der Waals surface area contributed by atoms with Crippen molar-refractivity contribution in [1.29, 1.82) is 0 Å². The Labute approximate surface area is 87.7 Å². The van der Waals surface area contributed by atoms with Gasteiger partial charge in [0.25, 0.3) is 0 Å². The van der Waals surface area contributed by atoms with Crippen LogP contribution in [-0.4, -0.2) is 24.4 Å². The van der Waals surface area contributed by atoms with Crippen molar-refractivity contribution in [3.63, 3.8) is 0 Å². The topological polar surface area (TPSA) is 20.3 Å². The SMILES string of the molecule is CCN(C)C(=O)[C@H]1CC[C@H](CC)CC1. The van der Waals surface area contributed by atoms with Gasteiger partial charge >= 0.3 is 0 Å². The molecule has 0 aliphatic heterocycles. The summed E-state index contributed by atoms with van der Waals surface area (Å²) in [7, 11) is 1.91. The molecule has 0 aromatic rings. The van der Waals surface area contributed by atoms with Crippen LogP contribution in [0.25, 0.3) is 0 Å². The van der Waals surface area contributed by atoms with Crippen molar-refractivity contribution in [2.24, 2.45) is 11.8 Å². The van der Waals surface area contributed by atoms with Gasteiger partial charge in [-0.1, -0.05) is 13.3 Å². The van der Waals surface area contributed by atoms with Gasteiger partial charge in [0.15, 0.2) is 0 Å². The maximum Gasteiger partial charge on any atom is 0.225 e. The van der Waals surface area contributed by atoms with E-state index in [4.69, 9.17) is 0 Å². The number of carbonyl (C=O) groups is 1. The highest BCUT2D eigenvalue weighted by molar-refractivity contribution is 5.78. The lowest BCUT2D eigenvalue weighted by Gasteiger charge is -2.29. The van der Waals surface area contributed by atoms with Gasteiger partial charge in [-0.2, -0.15) is 0 Å². The lowest BCUT2D eigenvalue weighted by molar-refractivity contribution is -0.135. The number of carbonyl (C=O) groups excluding carboxylic acids is 1. The molecule has 14 heavy (non-hydrogen) atoms. The van der Waals surface area contributed by atoms with E-state index in [9.17, 15) is 4.79 Å². The fourth-order valence-electron chi connectivity index (χ4n) is 2.29. The lowest BCUT2D eigenvalue weighted by Crippen LogP contribution is -2.34. The van der Waals surface area contributed by atoms with Crippen molar-refractivity contribution in [3.8, 4) is 0 Å². The van der Waals surface area contributed by atoms with Crippen LogP contribution >= 0.6 is 0 Å². The molecule has 1 fully saturated rings. The summed E-state index contributed by atoms with van der Waals surface area (Å²) in [5.41, 5.74) is 0. The number of amides is 1. The third-order valence-electron chi connectivity index (χ3n) is 3.62. The van der Waals surface area contributed by atoms with E-state index in [2.05, 4.69) is 6.92 Å². The Morgan fingerprint density at radius 1 is 1.21 bits per heavy atom. The maximum atomic E-state index is 11.9. The molecule has 0 unspecified atom stereocenters. The normalized spacial score (nSPS) is 27.4. The van der Waals surface area contributed by atoms with Crippen molar-refractivity contribution in [1.82, 2.24) is 4.90 Å². The van der Waals surface area contributed by atoms with E-state index in [-0.39, 0.29) is 0 Å². The average Bonchev–Trinajstić information content (AvgIpc) is 2.27. The Bertz CT molecular complexity index is 183. The van der Waals surface area contributed by atoms with Gasteiger partial charge in [0.2, 0.25) is 5.91 Å². The number of hydrogen-bond donors (Lipinski definition) is 0. The zero-order chi connectivity index (χ0) is 10.6. The van der Waals surface area contributed by atoms with Crippen LogP contribution in [0.15, 0.2) is 0 Å². The molecule has 1 amide bonds. The highest BCUT2D eigenvalue weighted by Gasteiger charge is 2.26. The molecule has 1 rings (SSSR count). The summed E-state index contributed by atoms with van der Waals surface area (Å²) in [6.45, 7) is 5.13. The van der Waals surface area contributed by atoms with Gasteiger partial charge in [-0.25, -0.2) is 0 Å². The Balaban J connectivity index is 2.37. The number of nitrogens with zero attached hydrogens (tertiary/aromatic N) is 1. The molecule has 0 N–H and O–H groups in total. The first kappa shape index (κ1) is 11.5. The van der Waals surface area contributed by atoms with Crippen LogP contribution in [0.4, 0.5) is 0 Å². The van der Waals surface area contributed by atoms with Crippen LogP contribution in [0.5, 0.6) is 0 Å². The van der Waals surface area contributed by atoms with Gasteiger partial charge in [0.05, 0.1) is 0 Å². The Morgan fingerprint density at radius 2 is 1.79 bits per heavy atom. The zero-order valence-corrected chi connectivity index (χ0v) is 9.75. The molecule has 2 heteroatoms. The quantitative estimate of drug-likeness (QED) is 0.681. The number of rotatable bonds is 3. The fourth-order valence-corrected chi connectivity index (χ4v) is 2.29. The molecular weight excluding hydrogens is 174 g/mol. The van der Waals surface area contributed by atoms with Crippen LogP contribution in [0.3, 0.4) is 0 Å². The van der Waals surface area contributed by atoms with Crippen LogP contribution in [-0.2, 0) is 4.79 Å². The van der Waals surface area contributed by atoms with Gasteiger partial charge in [0.1, 0.15) is 0 Å². The predicted molar refractivity (Wildman–Crippen MR) is 59.1 cm³/mol. The lowest BCUT2D eigenvalue weighted by atomic mass is 9.80. The molecule has 1 aliphatic rings. The Hall–Kier alpha value is -0.530. The Kier molecular flexibility index (Phi) is 4.43. The highest BCUT2D eigenvalue weighted by atomic mass is 16.2. The average molecular weight is 197 g/mol. The summed E-state index contributed by atoms with van der Waals surface area (Å²) < 4.78 is 0. The van der Waals surface area contributed by atoms with Crippen molar-refractivity contribution in [2.75, 3.05) is 13.6 Å². The van der Waals surface area contributed by atoms with Gasteiger partial charge in [-0.3, -0.25) is 4.79 Å². The molecule has 0 radical (unpaired) electrons. The fraction of sp³-hybridized carbons (Fsp3) is 0.917. The standard InChI is InChI=1S/C12H23NO/c1-4-10-6-8-11(9-7-10)12(14)13(3)5-2/h10-11H,4-9H2,1-3H3/t10-,11-. The first-order valence-corrected chi connectivity index (χ1v) is 5.94. The molecule has 0 aromatic heterocycles. The van der Waals surface area contributed by atoms with Crippen LogP contribution in [0.1, 0.15) is 46.0 Å². The summed E-state index contributed by atoms with van der Waals surface area (Å²) >= 11 is 0. The Morgan fingerprint density at radius 3 is 2.21 bits per heavy atom. The van der Waals surface area contributed by atoms with Gasteiger partial charge in [-0.05, 0) is 38.5 Å². The van der Waals surface area contributed by atoms with Gasteiger partial charge in [-0.15, -0.1) is 0 Å². The third kappa shape index (κ3) is 2.73. The molecular formula is C12H23NO. The van der Waals surface area contributed by atoms with Crippen molar-refractivity contribution in [3.05, 3.63) is 0 Å². The molecule has 82 valence electrons. The molecule has 1 aliphatic carbocycles. The molecule has 0 spiro atoms. The van der Waals surface area contributed by atoms with E-state index in [1.807, 2.05) is 18.9 Å². The van der Waals surface area contributed by atoms with Gasteiger partial charge < -0.3 is 4.90 Å². The molecule has 2 nitrogen and oxygen atoms in total. The summed E-state index contributed by atoms with van der Waals surface area (Å²) in [4.78, 5) is 13.7. The molecule has 0 atom stereocenters. The maximum absolute atomic E-state index is 11.9. The summed E-state index contributed by atoms with van der Waals surface area (Å²) in [6, 6.07) is 0. The van der Waals surface area contributed by atoms with Crippen molar-refractivity contribution >= 4 is 5.91 Å². The molecule has 0 heterocycles. The van der Waals surface area contributed by atoms with Gasteiger partial charge in [0, 0.05) is 19.5 Å². The molecule has 0 aromatic carbocycles. The first-order valence-electron chi connectivity index (χ1n) is 5.94. The highest BCUT2D eigenvalue weighted by Crippen LogP contribution is 2.31. The second-order valence-corrected chi connectivity index (χ2v) is 4.48. The largest absolute Gasteiger partial charge is 0.346 e. The molecule has 0 saturated heterocycles. The second kappa shape index (κ2) is 5.38. The monoisotopic (exact) mass is 197 g/mol. The van der Waals surface area contributed by atoms with E-state index in [0.717, 1.165) is 25.3 Å². The van der Waals surface area contributed by atoms with E-state index in [1.54, 1.807) is 0 Å². The molecule has 0 bridgehead atoms. The van der Waals surface area contributed by atoms with E-state index >= 15 is 0 Å². The van der Waals surface area contributed by atoms with Crippen LogP contribution in [0, 0.1) is 11.8 Å². The van der Waals surface area contributed by atoms with E-state index < -0.39 is 0 Å². The minimum Gasteiger partial charge on any atom is -0.346 e. The summed E-state index contributed by atoms with van der Waals surface area (Å²) in [6.07, 6.45) is 6.02. The van der Waals surface area contributed by atoms with Crippen molar-refractivity contribution < 1.29 is 4.79 Å². The minimum atomic E-state index is 0.322. The van der Waals surface area contributed by atoms with Crippen molar-refractivity contribution in [2.45, 2.75) is 46.0 Å². The second-order valence-electron chi connectivity index (χ2n) is 4.48. The first-order chi connectivity index (χ1) is 6.69. The summed E-state index contributed by atoms with van der Waals surface area (Å²) in [5, 5.41) is 0. The van der Waals surface area contributed by atoms with Crippen LogP contribution < -0.4 is 0 Å². The van der Waals surface area contributed by atoms with Crippen LogP contribution in [0.2, 0.25) is 0 Å². The number of hydrogen-bond acceptors (Lipinski definition) is 1. The van der Waals surface area contributed by atoms with E-state index in [1.165, 1.54) is 19.3 Å². The minimum absolute atomic E-state index is 0.322. The predicted octanol–water partition coefficient (Wildman–Crippen LogP) is 2.68. The summed E-state index contributed by atoms with van der Waals surface area (Å²) in [5.74, 6) is 1.57.